The summed E-state index contributed by atoms with van der Waals surface area (Å²) in [4.78, 5) is 13.7. The summed E-state index contributed by atoms with van der Waals surface area (Å²) in [6.07, 6.45) is 1.89. The van der Waals surface area contributed by atoms with Crippen LogP contribution in [0.15, 0.2) is 30.5 Å². The Bertz CT molecular complexity index is 504. The quantitative estimate of drug-likeness (QED) is 0.732. The summed E-state index contributed by atoms with van der Waals surface area (Å²) in [6.45, 7) is 2.20. The van der Waals surface area contributed by atoms with E-state index in [4.69, 9.17) is 5.11 Å². The summed E-state index contributed by atoms with van der Waals surface area (Å²) in [7, 11) is 0. The number of aromatic nitrogens is 1. The SMILES string of the molecule is CC(NCc1ccc2[nH]ccc2c1)C(=O)O. The second-order valence-corrected chi connectivity index (χ2v) is 3.84. The van der Waals surface area contributed by atoms with E-state index in [9.17, 15) is 4.79 Å². The van der Waals surface area contributed by atoms with Crippen LogP contribution >= 0.6 is 0 Å². The van der Waals surface area contributed by atoms with Crippen LogP contribution in [0, 0.1) is 0 Å². The van der Waals surface area contributed by atoms with E-state index in [2.05, 4.69) is 10.3 Å². The monoisotopic (exact) mass is 218 g/mol. The van der Waals surface area contributed by atoms with Gasteiger partial charge in [-0.15, -0.1) is 0 Å². The van der Waals surface area contributed by atoms with Gasteiger partial charge in [0.1, 0.15) is 6.04 Å². The van der Waals surface area contributed by atoms with Crippen LogP contribution in [0.5, 0.6) is 0 Å². The lowest BCUT2D eigenvalue weighted by molar-refractivity contribution is -0.139. The first-order valence-electron chi connectivity index (χ1n) is 5.19. The maximum atomic E-state index is 10.6. The minimum absolute atomic E-state index is 0.526. The Kier molecular flexibility index (Phi) is 2.92. The molecule has 16 heavy (non-hydrogen) atoms. The second kappa shape index (κ2) is 4.37. The number of aromatic amines is 1. The van der Waals surface area contributed by atoms with Crippen LogP contribution < -0.4 is 5.32 Å². The van der Waals surface area contributed by atoms with Crippen molar-refractivity contribution < 1.29 is 9.90 Å². The third-order valence-electron chi connectivity index (χ3n) is 2.60. The molecule has 0 amide bonds. The van der Waals surface area contributed by atoms with Crippen LogP contribution in [0.25, 0.3) is 10.9 Å². The topological polar surface area (TPSA) is 65.1 Å². The van der Waals surface area contributed by atoms with Gasteiger partial charge < -0.3 is 15.4 Å². The predicted molar refractivity (Wildman–Crippen MR) is 62.2 cm³/mol. The van der Waals surface area contributed by atoms with Gasteiger partial charge in [-0.3, -0.25) is 4.79 Å². The Labute approximate surface area is 93.3 Å². The minimum Gasteiger partial charge on any atom is -0.480 e. The summed E-state index contributed by atoms with van der Waals surface area (Å²) in [6, 6.07) is 7.51. The van der Waals surface area contributed by atoms with Crippen LogP contribution in [-0.2, 0) is 11.3 Å². The molecule has 1 unspecified atom stereocenters. The van der Waals surface area contributed by atoms with E-state index in [0.29, 0.717) is 6.54 Å². The zero-order valence-corrected chi connectivity index (χ0v) is 9.03. The highest BCUT2D eigenvalue weighted by Gasteiger charge is 2.09. The summed E-state index contributed by atoms with van der Waals surface area (Å²) in [5.74, 6) is -0.831. The first-order chi connectivity index (χ1) is 7.66. The van der Waals surface area contributed by atoms with Crippen molar-refractivity contribution in [3.8, 4) is 0 Å². The number of aliphatic carboxylic acids is 1. The van der Waals surface area contributed by atoms with Crippen molar-refractivity contribution in [1.29, 1.82) is 0 Å². The second-order valence-electron chi connectivity index (χ2n) is 3.84. The smallest absolute Gasteiger partial charge is 0.320 e. The molecule has 0 radical (unpaired) electrons. The van der Waals surface area contributed by atoms with Crippen molar-refractivity contribution in [3.05, 3.63) is 36.0 Å². The van der Waals surface area contributed by atoms with Gasteiger partial charge in [-0.1, -0.05) is 6.07 Å². The Morgan fingerprint density at radius 1 is 1.50 bits per heavy atom. The fourth-order valence-electron chi connectivity index (χ4n) is 1.57. The van der Waals surface area contributed by atoms with Gasteiger partial charge in [0.05, 0.1) is 0 Å². The number of nitrogens with one attached hydrogen (secondary N) is 2. The number of hydrogen-bond acceptors (Lipinski definition) is 2. The fourth-order valence-corrected chi connectivity index (χ4v) is 1.57. The molecule has 3 N–H and O–H groups in total. The molecule has 0 fully saturated rings. The van der Waals surface area contributed by atoms with Crippen LogP contribution in [-0.4, -0.2) is 22.1 Å². The number of benzene rings is 1. The minimum atomic E-state index is -0.831. The van der Waals surface area contributed by atoms with Crippen molar-refractivity contribution in [3.63, 3.8) is 0 Å². The molecule has 1 atom stereocenters. The van der Waals surface area contributed by atoms with E-state index in [1.54, 1.807) is 6.92 Å². The Morgan fingerprint density at radius 3 is 3.06 bits per heavy atom. The van der Waals surface area contributed by atoms with E-state index in [1.807, 2.05) is 30.5 Å². The van der Waals surface area contributed by atoms with Crippen LogP contribution in [0.2, 0.25) is 0 Å². The van der Waals surface area contributed by atoms with E-state index >= 15 is 0 Å². The van der Waals surface area contributed by atoms with Gasteiger partial charge in [0.2, 0.25) is 0 Å². The first-order valence-corrected chi connectivity index (χ1v) is 5.19. The number of carboxylic acids is 1. The molecule has 0 bridgehead atoms. The molecule has 1 aromatic carbocycles. The molecule has 0 aliphatic carbocycles. The van der Waals surface area contributed by atoms with Gasteiger partial charge in [0.25, 0.3) is 0 Å². The first kappa shape index (κ1) is 10.7. The van der Waals surface area contributed by atoms with Gasteiger partial charge in [-0.05, 0) is 36.1 Å². The number of hydrogen-bond donors (Lipinski definition) is 3. The Hall–Kier alpha value is -1.81. The average Bonchev–Trinajstić information content (AvgIpc) is 2.72. The highest BCUT2D eigenvalue weighted by Crippen LogP contribution is 2.14. The van der Waals surface area contributed by atoms with E-state index < -0.39 is 12.0 Å². The molecule has 1 heterocycles. The van der Waals surface area contributed by atoms with Crippen LogP contribution in [0.3, 0.4) is 0 Å². The molecular weight excluding hydrogens is 204 g/mol. The maximum Gasteiger partial charge on any atom is 0.320 e. The predicted octanol–water partition coefficient (Wildman–Crippen LogP) is 1.73. The van der Waals surface area contributed by atoms with Crippen molar-refractivity contribution in [2.75, 3.05) is 0 Å². The van der Waals surface area contributed by atoms with Gasteiger partial charge in [-0.2, -0.15) is 0 Å². The number of carbonyl (C=O) groups is 1. The number of carboxylic acid groups (broad SMARTS) is 1. The highest BCUT2D eigenvalue weighted by molar-refractivity contribution is 5.79. The summed E-state index contributed by atoms with van der Waals surface area (Å²) in [5, 5.41) is 12.8. The number of H-pyrrole nitrogens is 1. The van der Waals surface area contributed by atoms with Gasteiger partial charge in [0.15, 0.2) is 0 Å². The van der Waals surface area contributed by atoms with Gasteiger partial charge >= 0.3 is 5.97 Å². The summed E-state index contributed by atoms with van der Waals surface area (Å²) < 4.78 is 0. The molecule has 84 valence electrons. The molecule has 2 aromatic rings. The third kappa shape index (κ3) is 2.23. The van der Waals surface area contributed by atoms with Crippen molar-refractivity contribution in [2.24, 2.45) is 0 Å². The zero-order chi connectivity index (χ0) is 11.5. The van der Waals surface area contributed by atoms with Crippen molar-refractivity contribution >= 4 is 16.9 Å². The molecular formula is C12H14N2O2. The van der Waals surface area contributed by atoms with Crippen LogP contribution in [0.1, 0.15) is 12.5 Å². The number of rotatable bonds is 4. The lowest BCUT2D eigenvalue weighted by Crippen LogP contribution is -2.33. The lowest BCUT2D eigenvalue weighted by Gasteiger charge is -2.08. The fraction of sp³-hybridized carbons (Fsp3) is 0.250. The molecule has 0 aliphatic heterocycles. The molecule has 0 saturated heterocycles. The third-order valence-corrected chi connectivity index (χ3v) is 2.60. The maximum absolute atomic E-state index is 10.6. The van der Waals surface area contributed by atoms with E-state index in [1.165, 1.54) is 0 Å². The average molecular weight is 218 g/mol. The zero-order valence-electron chi connectivity index (χ0n) is 9.03. The molecule has 0 aliphatic rings. The molecule has 0 saturated carbocycles. The number of fused-ring (bicyclic) bond motifs is 1. The van der Waals surface area contributed by atoms with Gasteiger partial charge in [0, 0.05) is 18.3 Å². The summed E-state index contributed by atoms with van der Waals surface area (Å²) in [5.41, 5.74) is 2.18. The van der Waals surface area contributed by atoms with E-state index in [0.717, 1.165) is 16.5 Å². The Morgan fingerprint density at radius 2 is 2.31 bits per heavy atom. The molecule has 1 aromatic heterocycles. The molecule has 0 spiro atoms. The highest BCUT2D eigenvalue weighted by atomic mass is 16.4. The largest absolute Gasteiger partial charge is 0.480 e. The lowest BCUT2D eigenvalue weighted by atomic mass is 10.1. The molecule has 4 heteroatoms. The molecule has 4 nitrogen and oxygen atoms in total. The van der Waals surface area contributed by atoms with Crippen molar-refractivity contribution in [2.45, 2.75) is 19.5 Å². The van der Waals surface area contributed by atoms with Crippen molar-refractivity contribution in [1.82, 2.24) is 10.3 Å². The molecule has 2 rings (SSSR count). The van der Waals surface area contributed by atoms with Crippen LogP contribution in [0.4, 0.5) is 0 Å². The summed E-state index contributed by atoms with van der Waals surface area (Å²) >= 11 is 0. The standard InChI is InChI=1S/C12H14N2O2/c1-8(12(15)16)14-7-9-2-3-11-10(6-9)4-5-13-11/h2-6,8,13-14H,7H2,1H3,(H,15,16). The Balaban J connectivity index is 2.06. The van der Waals surface area contributed by atoms with Gasteiger partial charge in [-0.25, -0.2) is 0 Å². The normalized spacial score (nSPS) is 12.8. The van der Waals surface area contributed by atoms with E-state index in [-0.39, 0.29) is 0 Å².